The largest absolute Gasteiger partial charge is 0.406 e. The topological polar surface area (TPSA) is 49.4 Å². The van der Waals surface area contributed by atoms with Crippen LogP contribution in [-0.4, -0.2) is 42.0 Å². The zero-order chi connectivity index (χ0) is 18.8. The molecule has 2 amide bonds. The summed E-state index contributed by atoms with van der Waals surface area (Å²) in [5, 5.41) is 2.32. The Morgan fingerprint density at radius 1 is 1.28 bits per heavy atom. The minimum Gasteiger partial charge on any atom is -0.345 e. The number of hydrogen-bond acceptors (Lipinski definition) is 2. The molecule has 0 bridgehead atoms. The van der Waals surface area contributed by atoms with Crippen molar-refractivity contribution in [2.24, 2.45) is 0 Å². The van der Waals surface area contributed by atoms with Gasteiger partial charge in [-0.3, -0.25) is 9.59 Å². The van der Waals surface area contributed by atoms with Crippen LogP contribution in [0.15, 0.2) is 18.2 Å². The molecule has 25 heavy (non-hydrogen) atoms. The Labute approximate surface area is 141 Å². The van der Waals surface area contributed by atoms with Crippen molar-refractivity contribution in [2.45, 2.75) is 37.9 Å². The molecule has 138 valence electrons. The first-order chi connectivity index (χ1) is 11.6. The van der Waals surface area contributed by atoms with E-state index in [4.69, 9.17) is 0 Å². The molecule has 1 saturated heterocycles. The highest BCUT2D eigenvalue weighted by Crippen LogP contribution is 2.31. The van der Waals surface area contributed by atoms with E-state index < -0.39 is 54.7 Å². The van der Waals surface area contributed by atoms with Gasteiger partial charge in [-0.25, -0.2) is 8.78 Å². The highest BCUT2D eigenvalue weighted by Gasteiger charge is 2.39. The number of carbonyl (C=O) groups is 2. The Morgan fingerprint density at radius 2 is 1.96 bits per heavy atom. The highest BCUT2D eigenvalue weighted by molar-refractivity contribution is 5.87. The minimum absolute atomic E-state index is 0.0351. The van der Waals surface area contributed by atoms with Crippen LogP contribution >= 0.6 is 0 Å². The number of nitrogens with one attached hydrogen (secondary N) is 1. The van der Waals surface area contributed by atoms with E-state index in [0.29, 0.717) is 4.90 Å². The summed E-state index contributed by atoms with van der Waals surface area (Å²) in [7, 11) is 0. The molecule has 1 N–H and O–H groups in total. The third-order valence-corrected chi connectivity index (χ3v) is 4.02. The Bertz CT molecular complexity index is 662. The van der Waals surface area contributed by atoms with Crippen LogP contribution in [0.5, 0.6) is 0 Å². The van der Waals surface area contributed by atoms with Gasteiger partial charge < -0.3 is 10.2 Å². The lowest BCUT2D eigenvalue weighted by Gasteiger charge is -2.27. The SMILES string of the molecule is CC(=O)N[C@H]1CC[C@@H](c2cccc(F)c2F)CN(CC(F)(F)F)C1=O. The van der Waals surface area contributed by atoms with E-state index in [2.05, 4.69) is 5.32 Å². The van der Waals surface area contributed by atoms with Crippen LogP contribution in [0.2, 0.25) is 0 Å². The molecule has 0 spiro atoms. The second kappa shape index (κ2) is 7.37. The molecular weight excluding hydrogens is 347 g/mol. The Morgan fingerprint density at radius 3 is 2.56 bits per heavy atom. The predicted octanol–water partition coefficient (Wildman–Crippen LogP) is 2.74. The molecule has 0 aliphatic carbocycles. The van der Waals surface area contributed by atoms with E-state index >= 15 is 0 Å². The van der Waals surface area contributed by atoms with Gasteiger partial charge in [0.15, 0.2) is 11.6 Å². The van der Waals surface area contributed by atoms with Gasteiger partial charge in [0.05, 0.1) is 0 Å². The van der Waals surface area contributed by atoms with Gasteiger partial charge in [0.25, 0.3) is 0 Å². The average molecular weight is 364 g/mol. The highest BCUT2D eigenvalue weighted by atomic mass is 19.4. The van der Waals surface area contributed by atoms with Gasteiger partial charge in [-0.2, -0.15) is 13.2 Å². The molecule has 1 heterocycles. The van der Waals surface area contributed by atoms with E-state index in [1.54, 1.807) is 0 Å². The van der Waals surface area contributed by atoms with Crippen LogP contribution in [-0.2, 0) is 9.59 Å². The lowest BCUT2D eigenvalue weighted by atomic mass is 9.93. The fourth-order valence-corrected chi connectivity index (χ4v) is 2.99. The molecule has 2 atom stereocenters. The summed E-state index contributed by atoms with van der Waals surface area (Å²) in [6.45, 7) is -0.778. The van der Waals surface area contributed by atoms with Gasteiger partial charge >= 0.3 is 6.18 Å². The molecule has 1 aromatic rings. The summed E-state index contributed by atoms with van der Waals surface area (Å²) < 4.78 is 65.8. The molecule has 1 aliphatic rings. The monoisotopic (exact) mass is 364 g/mol. The van der Waals surface area contributed by atoms with E-state index in [1.165, 1.54) is 12.1 Å². The van der Waals surface area contributed by atoms with Crippen molar-refractivity contribution >= 4 is 11.8 Å². The lowest BCUT2D eigenvalue weighted by Crippen LogP contribution is -2.49. The number of amides is 2. The number of benzene rings is 1. The Hall–Kier alpha value is -2.19. The lowest BCUT2D eigenvalue weighted by molar-refractivity contribution is -0.162. The molecule has 4 nitrogen and oxygen atoms in total. The van der Waals surface area contributed by atoms with Gasteiger partial charge in [-0.15, -0.1) is 0 Å². The van der Waals surface area contributed by atoms with E-state index in [-0.39, 0.29) is 18.4 Å². The number of alkyl halides is 3. The van der Waals surface area contributed by atoms with Gasteiger partial charge in [0.2, 0.25) is 11.8 Å². The second-order valence-electron chi connectivity index (χ2n) is 6.00. The third-order valence-electron chi connectivity index (χ3n) is 4.02. The molecule has 0 aromatic heterocycles. The predicted molar refractivity (Wildman–Crippen MR) is 78.6 cm³/mol. The Kier molecular flexibility index (Phi) is 5.64. The molecule has 1 aliphatic heterocycles. The van der Waals surface area contributed by atoms with Gasteiger partial charge in [-0.05, 0) is 24.5 Å². The molecule has 1 fully saturated rings. The molecule has 0 unspecified atom stereocenters. The summed E-state index contributed by atoms with van der Waals surface area (Å²) in [6.07, 6.45) is -4.48. The van der Waals surface area contributed by atoms with E-state index in [0.717, 1.165) is 13.0 Å². The van der Waals surface area contributed by atoms with Crippen molar-refractivity contribution in [1.29, 1.82) is 0 Å². The van der Waals surface area contributed by atoms with E-state index in [1.807, 2.05) is 0 Å². The fraction of sp³-hybridized carbons (Fsp3) is 0.500. The summed E-state index contributed by atoms with van der Waals surface area (Å²) in [5.74, 6) is -4.48. The summed E-state index contributed by atoms with van der Waals surface area (Å²) in [6, 6.07) is 2.34. The van der Waals surface area contributed by atoms with Crippen molar-refractivity contribution < 1.29 is 31.5 Å². The molecule has 0 saturated carbocycles. The molecular formula is C16H17F5N2O2. The van der Waals surface area contributed by atoms with Crippen LogP contribution < -0.4 is 5.32 Å². The average Bonchev–Trinajstić information content (AvgIpc) is 2.62. The molecule has 9 heteroatoms. The maximum Gasteiger partial charge on any atom is 0.406 e. The number of likely N-dealkylation sites (tertiary alicyclic amines) is 1. The first kappa shape index (κ1) is 19.1. The maximum atomic E-state index is 14.0. The van der Waals surface area contributed by atoms with Crippen LogP contribution in [0.3, 0.4) is 0 Å². The van der Waals surface area contributed by atoms with Crippen molar-refractivity contribution in [3.8, 4) is 0 Å². The summed E-state index contributed by atoms with van der Waals surface area (Å²) in [4.78, 5) is 24.1. The van der Waals surface area contributed by atoms with Crippen LogP contribution in [0.25, 0.3) is 0 Å². The van der Waals surface area contributed by atoms with Gasteiger partial charge in [0.1, 0.15) is 12.6 Å². The van der Waals surface area contributed by atoms with Crippen LogP contribution in [0.1, 0.15) is 31.2 Å². The van der Waals surface area contributed by atoms with Crippen LogP contribution in [0.4, 0.5) is 22.0 Å². The van der Waals surface area contributed by atoms with Crippen LogP contribution in [0, 0.1) is 11.6 Å². The normalized spacial score (nSPS) is 21.8. The first-order valence-corrected chi connectivity index (χ1v) is 7.65. The first-order valence-electron chi connectivity index (χ1n) is 7.65. The summed E-state index contributed by atoms with van der Waals surface area (Å²) in [5.41, 5.74) is -0.0801. The van der Waals surface area contributed by atoms with Crippen molar-refractivity contribution in [2.75, 3.05) is 13.1 Å². The van der Waals surface area contributed by atoms with Crippen molar-refractivity contribution in [3.05, 3.63) is 35.4 Å². The number of halogens is 5. The molecule has 2 rings (SSSR count). The molecule has 0 radical (unpaired) electrons. The van der Waals surface area contributed by atoms with Gasteiger partial charge in [-0.1, -0.05) is 12.1 Å². The number of nitrogens with zero attached hydrogens (tertiary/aromatic N) is 1. The smallest absolute Gasteiger partial charge is 0.345 e. The maximum absolute atomic E-state index is 14.0. The summed E-state index contributed by atoms with van der Waals surface area (Å²) >= 11 is 0. The Balaban J connectivity index is 2.33. The zero-order valence-corrected chi connectivity index (χ0v) is 13.4. The minimum atomic E-state index is -4.65. The zero-order valence-electron chi connectivity index (χ0n) is 13.4. The van der Waals surface area contributed by atoms with Crippen molar-refractivity contribution in [1.82, 2.24) is 10.2 Å². The second-order valence-corrected chi connectivity index (χ2v) is 6.00. The quantitative estimate of drug-likeness (QED) is 0.839. The third kappa shape index (κ3) is 4.90. The molecule has 1 aromatic carbocycles. The number of carbonyl (C=O) groups excluding carboxylic acids is 2. The number of rotatable bonds is 3. The van der Waals surface area contributed by atoms with Gasteiger partial charge in [0, 0.05) is 19.4 Å². The fourth-order valence-electron chi connectivity index (χ4n) is 2.99. The standard InChI is InChI=1S/C16H17F5N2O2/c1-9(24)22-13-6-5-10(11-3-2-4-12(17)14(11)18)7-23(15(13)25)8-16(19,20)21/h2-4,10,13H,5-8H2,1H3,(H,22,24)/t10-,13+/m1/s1. The van der Waals surface area contributed by atoms with E-state index in [9.17, 15) is 31.5 Å². The van der Waals surface area contributed by atoms with Crippen molar-refractivity contribution in [3.63, 3.8) is 0 Å². The number of hydrogen-bond donors (Lipinski definition) is 1.